The van der Waals surface area contributed by atoms with Crippen molar-refractivity contribution in [1.29, 1.82) is 0 Å². The zero-order chi connectivity index (χ0) is 22.9. The second-order valence-corrected chi connectivity index (χ2v) is 8.58. The lowest BCUT2D eigenvalue weighted by atomic mass is 10.1. The van der Waals surface area contributed by atoms with E-state index in [-0.39, 0.29) is 11.9 Å². The molecule has 0 aliphatic carbocycles. The average Bonchev–Trinajstić information content (AvgIpc) is 3.47. The highest BCUT2D eigenvalue weighted by Gasteiger charge is 2.29. The predicted octanol–water partition coefficient (Wildman–Crippen LogP) is 6.16. The summed E-state index contributed by atoms with van der Waals surface area (Å²) in [5, 5.41) is 6.62. The third-order valence-corrected chi connectivity index (χ3v) is 6.57. The SMILES string of the molecule is C=CC(=O)N1CC[C@@H](n2nc3ccncc3c2-c2ccc(Oc3cccc(Cl)c3Cl)cc2)C1. The van der Waals surface area contributed by atoms with Crippen molar-refractivity contribution in [2.75, 3.05) is 13.1 Å². The van der Waals surface area contributed by atoms with Crippen LogP contribution in [-0.2, 0) is 4.79 Å². The van der Waals surface area contributed by atoms with Crippen molar-refractivity contribution in [1.82, 2.24) is 19.7 Å². The van der Waals surface area contributed by atoms with E-state index >= 15 is 0 Å². The number of pyridine rings is 1. The van der Waals surface area contributed by atoms with E-state index in [4.69, 9.17) is 33.0 Å². The standard InChI is InChI=1S/C25H20Cl2N4O2/c1-2-23(32)30-13-11-17(15-30)31-25(19-14-28-12-10-21(19)29-31)16-6-8-18(9-7-16)33-22-5-3-4-20(26)24(22)27/h2-10,12,14,17H,1,11,13,15H2/t17-/m1/s1. The molecule has 0 bridgehead atoms. The quantitative estimate of drug-likeness (QED) is 0.322. The zero-order valence-corrected chi connectivity index (χ0v) is 19.1. The number of nitrogens with zero attached hydrogens (tertiary/aromatic N) is 4. The van der Waals surface area contributed by atoms with Gasteiger partial charge in [-0.1, -0.05) is 35.8 Å². The summed E-state index contributed by atoms with van der Waals surface area (Å²) in [5.74, 6) is 1.08. The fourth-order valence-corrected chi connectivity index (χ4v) is 4.47. The molecule has 6 nitrogen and oxygen atoms in total. The molecule has 5 rings (SSSR count). The highest BCUT2D eigenvalue weighted by Crippen LogP contribution is 2.37. The van der Waals surface area contributed by atoms with Crippen LogP contribution in [0.3, 0.4) is 0 Å². The maximum Gasteiger partial charge on any atom is 0.246 e. The average molecular weight is 479 g/mol. The zero-order valence-electron chi connectivity index (χ0n) is 17.6. The van der Waals surface area contributed by atoms with Crippen molar-refractivity contribution in [2.24, 2.45) is 0 Å². The molecule has 0 spiro atoms. The van der Waals surface area contributed by atoms with Crippen molar-refractivity contribution in [2.45, 2.75) is 12.5 Å². The Morgan fingerprint density at radius 3 is 2.76 bits per heavy atom. The maximum absolute atomic E-state index is 12.1. The van der Waals surface area contributed by atoms with Gasteiger partial charge in [0.1, 0.15) is 16.5 Å². The molecule has 1 fully saturated rings. The Morgan fingerprint density at radius 1 is 1.15 bits per heavy atom. The Hall–Kier alpha value is -3.35. The number of carbonyl (C=O) groups excluding carboxylic acids is 1. The molecule has 0 unspecified atom stereocenters. The third kappa shape index (κ3) is 4.08. The van der Waals surface area contributed by atoms with Crippen LogP contribution >= 0.6 is 23.2 Å². The summed E-state index contributed by atoms with van der Waals surface area (Å²) in [6.07, 6.45) is 5.74. The van der Waals surface area contributed by atoms with Gasteiger partial charge < -0.3 is 9.64 Å². The fourth-order valence-electron chi connectivity index (χ4n) is 4.14. The van der Waals surface area contributed by atoms with Gasteiger partial charge >= 0.3 is 0 Å². The van der Waals surface area contributed by atoms with Crippen molar-refractivity contribution < 1.29 is 9.53 Å². The Balaban J connectivity index is 1.49. The highest BCUT2D eigenvalue weighted by atomic mass is 35.5. The molecule has 4 aromatic rings. The molecule has 33 heavy (non-hydrogen) atoms. The molecule has 0 radical (unpaired) electrons. The van der Waals surface area contributed by atoms with Gasteiger partial charge in [0.25, 0.3) is 0 Å². The van der Waals surface area contributed by atoms with Gasteiger partial charge in [-0.15, -0.1) is 0 Å². The second kappa shape index (κ2) is 8.89. The second-order valence-electron chi connectivity index (χ2n) is 7.80. The number of ether oxygens (including phenoxy) is 1. The number of amides is 1. The van der Waals surface area contributed by atoms with Gasteiger partial charge in [-0.25, -0.2) is 0 Å². The fraction of sp³-hybridized carbons (Fsp3) is 0.160. The number of rotatable bonds is 5. The monoisotopic (exact) mass is 478 g/mol. The molecule has 3 heterocycles. The van der Waals surface area contributed by atoms with Gasteiger partial charge in [0.15, 0.2) is 0 Å². The van der Waals surface area contributed by atoms with Crippen molar-refractivity contribution in [3.63, 3.8) is 0 Å². The third-order valence-electron chi connectivity index (χ3n) is 5.77. The van der Waals surface area contributed by atoms with E-state index < -0.39 is 0 Å². The van der Waals surface area contributed by atoms with Crippen molar-refractivity contribution in [3.05, 3.63) is 83.6 Å². The van der Waals surface area contributed by atoms with Gasteiger partial charge in [-0.2, -0.15) is 5.10 Å². The van der Waals surface area contributed by atoms with Crippen LogP contribution in [-0.4, -0.2) is 38.7 Å². The summed E-state index contributed by atoms with van der Waals surface area (Å²) in [7, 11) is 0. The first-order valence-corrected chi connectivity index (χ1v) is 11.3. The van der Waals surface area contributed by atoms with Crippen molar-refractivity contribution in [3.8, 4) is 22.8 Å². The van der Waals surface area contributed by atoms with Crippen molar-refractivity contribution >= 4 is 40.0 Å². The minimum atomic E-state index is -0.0568. The number of fused-ring (bicyclic) bond motifs is 1. The summed E-state index contributed by atoms with van der Waals surface area (Å²) >= 11 is 12.3. The van der Waals surface area contributed by atoms with Crippen LogP contribution in [0.5, 0.6) is 11.5 Å². The number of hydrogen-bond acceptors (Lipinski definition) is 4. The Labute approximate surface area is 201 Å². The molecule has 0 saturated carbocycles. The smallest absolute Gasteiger partial charge is 0.246 e. The number of halogens is 2. The largest absolute Gasteiger partial charge is 0.456 e. The first-order valence-electron chi connectivity index (χ1n) is 10.5. The van der Waals surface area contributed by atoms with E-state index in [1.54, 1.807) is 29.3 Å². The lowest BCUT2D eigenvalue weighted by Crippen LogP contribution is -2.27. The molecule has 166 valence electrons. The molecule has 1 aliphatic rings. The van der Waals surface area contributed by atoms with Gasteiger partial charge in [0.2, 0.25) is 5.91 Å². The topological polar surface area (TPSA) is 60.2 Å². The summed E-state index contributed by atoms with van der Waals surface area (Å²) in [6, 6.07) is 15.0. The molecule has 1 saturated heterocycles. The van der Waals surface area contributed by atoms with E-state index in [2.05, 4.69) is 11.6 Å². The molecule has 1 aliphatic heterocycles. The van der Waals surface area contributed by atoms with Crippen LogP contribution in [0.15, 0.2) is 73.6 Å². The number of aromatic nitrogens is 3. The van der Waals surface area contributed by atoms with Gasteiger partial charge in [0.05, 0.1) is 22.3 Å². The highest BCUT2D eigenvalue weighted by molar-refractivity contribution is 6.42. The maximum atomic E-state index is 12.1. The normalized spacial score (nSPS) is 15.7. The molecule has 0 N–H and O–H groups in total. The van der Waals surface area contributed by atoms with E-state index in [0.29, 0.717) is 34.6 Å². The van der Waals surface area contributed by atoms with Crippen LogP contribution < -0.4 is 4.74 Å². The summed E-state index contributed by atoms with van der Waals surface area (Å²) < 4.78 is 7.95. The Morgan fingerprint density at radius 2 is 1.97 bits per heavy atom. The van der Waals surface area contributed by atoms with E-state index in [1.807, 2.05) is 41.2 Å². The van der Waals surface area contributed by atoms with Gasteiger partial charge in [0, 0.05) is 36.4 Å². The lowest BCUT2D eigenvalue weighted by molar-refractivity contribution is -0.125. The molecule has 2 aromatic carbocycles. The molecule has 1 amide bonds. The van der Waals surface area contributed by atoms with Gasteiger partial charge in [-0.3, -0.25) is 14.5 Å². The molecule has 8 heteroatoms. The number of benzene rings is 2. The minimum absolute atomic E-state index is 0.0568. The molecular weight excluding hydrogens is 459 g/mol. The Kier molecular flexibility index (Phi) is 5.79. The van der Waals surface area contributed by atoms with Crippen LogP contribution in [0.25, 0.3) is 22.2 Å². The van der Waals surface area contributed by atoms with E-state index in [0.717, 1.165) is 28.6 Å². The van der Waals surface area contributed by atoms with Crippen LogP contribution in [0.1, 0.15) is 12.5 Å². The van der Waals surface area contributed by atoms with E-state index in [9.17, 15) is 4.79 Å². The summed E-state index contributed by atoms with van der Waals surface area (Å²) in [6.45, 7) is 4.87. The van der Waals surface area contributed by atoms with E-state index in [1.165, 1.54) is 6.08 Å². The predicted molar refractivity (Wildman–Crippen MR) is 130 cm³/mol. The summed E-state index contributed by atoms with van der Waals surface area (Å²) in [5.41, 5.74) is 2.80. The van der Waals surface area contributed by atoms with Crippen LogP contribution in [0.2, 0.25) is 10.0 Å². The Bertz CT molecular complexity index is 1350. The molecule has 2 aromatic heterocycles. The first kappa shape index (κ1) is 21.5. The number of likely N-dealkylation sites (tertiary alicyclic amines) is 1. The summed E-state index contributed by atoms with van der Waals surface area (Å²) in [4.78, 5) is 18.2. The lowest BCUT2D eigenvalue weighted by Gasteiger charge is -2.17. The molecular formula is C25H20Cl2N4O2. The minimum Gasteiger partial charge on any atom is -0.456 e. The van der Waals surface area contributed by atoms with Crippen LogP contribution in [0.4, 0.5) is 0 Å². The first-order chi connectivity index (χ1) is 16.0. The number of carbonyl (C=O) groups is 1. The van der Waals surface area contributed by atoms with Crippen LogP contribution in [0, 0.1) is 0 Å². The van der Waals surface area contributed by atoms with Gasteiger partial charge in [-0.05, 0) is 55.0 Å². The number of hydrogen-bond donors (Lipinski definition) is 0. The molecule has 1 atom stereocenters.